The molecule has 2 amide bonds. The topological polar surface area (TPSA) is 77.5 Å². The van der Waals surface area contributed by atoms with E-state index in [1.54, 1.807) is 26.5 Å². The molecule has 0 radical (unpaired) electrons. The van der Waals surface area contributed by atoms with Crippen LogP contribution in [0.3, 0.4) is 0 Å². The molecule has 22 heavy (non-hydrogen) atoms. The fourth-order valence-electron chi connectivity index (χ4n) is 2.51. The van der Waals surface area contributed by atoms with Crippen LogP contribution < -0.4 is 14.8 Å². The van der Waals surface area contributed by atoms with E-state index in [-0.39, 0.29) is 5.91 Å². The van der Waals surface area contributed by atoms with Gasteiger partial charge in [0, 0.05) is 24.9 Å². The van der Waals surface area contributed by atoms with Crippen LogP contribution >= 0.6 is 0 Å². The maximum absolute atomic E-state index is 11.9. The van der Waals surface area contributed by atoms with Gasteiger partial charge in [0.15, 0.2) is 0 Å². The second kappa shape index (κ2) is 5.48. The summed E-state index contributed by atoms with van der Waals surface area (Å²) in [4.78, 5) is 27.7. The zero-order valence-electron chi connectivity index (χ0n) is 12.2. The monoisotopic (exact) mass is 298 g/mol. The van der Waals surface area contributed by atoms with E-state index >= 15 is 0 Å². The molecule has 2 heterocycles. The van der Waals surface area contributed by atoms with Crippen molar-refractivity contribution >= 4 is 11.8 Å². The largest absolute Gasteiger partial charge is 0.497 e. The number of hydrogen-bond donors (Lipinski definition) is 1. The van der Waals surface area contributed by atoms with Gasteiger partial charge < -0.3 is 9.47 Å². The van der Waals surface area contributed by atoms with Crippen molar-refractivity contribution in [2.24, 2.45) is 0 Å². The summed E-state index contributed by atoms with van der Waals surface area (Å²) in [6.45, 7) is 0. The molecule has 0 saturated carbocycles. The molecule has 3 rings (SSSR count). The van der Waals surface area contributed by atoms with Crippen LogP contribution in [0, 0.1) is 0 Å². The summed E-state index contributed by atoms with van der Waals surface area (Å²) in [6.07, 6.45) is 3.44. The van der Waals surface area contributed by atoms with Crippen LogP contribution in [0.15, 0.2) is 30.6 Å². The van der Waals surface area contributed by atoms with E-state index in [0.29, 0.717) is 34.6 Å². The highest BCUT2D eigenvalue weighted by Gasteiger charge is 2.29. The van der Waals surface area contributed by atoms with E-state index in [2.05, 4.69) is 10.3 Å². The minimum absolute atomic E-state index is 0.315. The summed E-state index contributed by atoms with van der Waals surface area (Å²) < 4.78 is 10.5. The number of nitrogens with zero attached hydrogens (tertiary/aromatic N) is 1. The minimum Gasteiger partial charge on any atom is -0.497 e. The van der Waals surface area contributed by atoms with E-state index in [0.717, 1.165) is 5.56 Å². The van der Waals surface area contributed by atoms with Crippen LogP contribution in [0.5, 0.6) is 11.5 Å². The van der Waals surface area contributed by atoms with Crippen molar-refractivity contribution in [3.05, 3.63) is 52.8 Å². The quantitative estimate of drug-likeness (QED) is 0.867. The Balaban J connectivity index is 2.02. The van der Waals surface area contributed by atoms with Gasteiger partial charge in [-0.15, -0.1) is 0 Å². The first-order valence-electron chi connectivity index (χ1n) is 6.67. The summed E-state index contributed by atoms with van der Waals surface area (Å²) in [7, 11) is 3.15. The lowest BCUT2D eigenvalue weighted by Gasteiger charge is -2.11. The standard InChI is InChI=1S/C16H14N2O4/c1-21-11-4-3-9(13(6-11)22-2)5-10-7-17-8-12-14(10)16(20)18-15(12)19/h3-4,6-8H,5H2,1-2H3,(H,18,19,20). The summed E-state index contributed by atoms with van der Waals surface area (Å²) >= 11 is 0. The van der Waals surface area contributed by atoms with E-state index in [1.165, 1.54) is 6.20 Å². The number of amides is 2. The van der Waals surface area contributed by atoms with Gasteiger partial charge in [-0.1, -0.05) is 6.07 Å². The van der Waals surface area contributed by atoms with Crippen molar-refractivity contribution < 1.29 is 19.1 Å². The van der Waals surface area contributed by atoms with Crippen molar-refractivity contribution in [2.75, 3.05) is 14.2 Å². The molecule has 0 bridgehead atoms. The van der Waals surface area contributed by atoms with Gasteiger partial charge in [0.25, 0.3) is 11.8 Å². The van der Waals surface area contributed by atoms with E-state index in [4.69, 9.17) is 9.47 Å². The fraction of sp³-hybridized carbons (Fsp3) is 0.188. The summed E-state index contributed by atoms with van der Waals surface area (Å²) in [5, 5.41) is 2.29. The molecule has 112 valence electrons. The lowest BCUT2D eigenvalue weighted by atomic mass is 9.99. The Morgan fingerprint density at radius 1 is 1.05 bits per heavy atom. The molecule has 2 aromatic rings. The Bertz CT molecular complexity index is 771. The number of hydrogen-bond acceptors (Lipinski definition) is 5. The number of benzene rings is 1. The van der Waals surface area contributed by atoms with Gasteiger partial charge in [-0.2, -0.15) is 0 Å². The summed E-state index contributed by atoms with van der Waals surface area (Å²) in [5.41, 5.74) is 2.27. The molecule has 0 spiro atoms. The Morgan fingerprint density at radius 2 is 1.86 bits per heavy atom. The van der Waals surface area contributed by atoms with Gasteiger partial charge in [0.2, 0.25) is 0 Å². The molecule has 1 aliphatic heterocycles. The molecule has 1 aliphatic rings. The van der Waals surface area contributed by atoms with Crippen molar-refractivity contribution in [3.8, 4) is 11.5 Å². The first-order valence-corrected chi connectivity index (χ1v) is 6.67. The molecular weight excluding hydrogens is 284 g/mol. The Kier molecular flexibility index (Phi) is 3.50. The number of ether oxygens (including phenoxy) is 2. The Hall–Kier alpha value is -2.89. The second-order valence-corrected chi connectivity index (χ2v) is 4.86. The maximum Gasteiger partial charge on any atom is 0.260 e. The number of fused-ring (bicyclic) bond motifs is 1. The smallest absolute Gasteiger partial charge is 0.260 e. The number of carbonyl (C=O) groups is 2. The van der Waals surface area contributed by atoms with Crippen molar-refractivity contribution in [2.45, 2.75) is 6.42 Å². The molecule has 1 N–H and O–H groups in total. The normalized spacial score (nSPS) is 12.8. The van der Waals surface area contributed by atoms with Crippen molar-refractivity contribution in [1.82, 2.24) is 10.3 Å². The second-order valence-electron chi connectivity index (χ2n) is 4.86. The number of methoxy groups -OCH3 is 2. The Morgan fingerprint density at radius 3 is 2.59 bits per heavy atom. The molecule has 6 heteroatoms. The third-order valence-electron chi connectivity index (χ3n) is 3.60. The molecule has 0 saturated heterocycles. The highest BCUT2D eigenvalue weighted by molar-refractivity contribution is 6.22. The third kappa shape index (κ3) is 2.28. The molecule has 1 aromatic heterocycles. The predicted molar refractivity (Wildman–Crippen MR) is 78.4 cm³/mol. The number of rotatable bonds is 4. The van der Waals surface area contributed by atoms with Crippen LogP contribution in [-0.4, -0.2) is 31.0 Å². The lowest BCUT2D eigenvalue weighted by Crippen LogP contribution is -2.20. The minimum atomic E-state index is -0.406. The number of aromatic nitrogens is 1. The first kappa shape index (κ1) is 14.1. The number of imide groups is 1. The van der Waals surface area contributed by atoms with Crippen LogP contribution in [0.1, 0.15) is 31.8 Å². The van der Waals surface area contributed by atoms with Crippen molar-refractivity contribution in [3.63, 3.8) is 0 Å². The summed E-state index contributed by atoms with van der Waals surface area (Å²) in [6, 6.07) is 5.46. The maximum atomic E-state index is 11.9. The van der Waals surface area contributed by atoms with E-state index in [1.807, 2.05) is 12.1 Å². The zero-order valence-corrected chi connectivity index (χ0v) is 12.2. The predicted octanol–water partition coefficient (Wildman–Crippen LogP) is 1.57. The zero-order chi connectivity index (χ0) is 15.7. The number of carbonyl (C=O) groups excluding carboxylic acids is 2. The van der Waals surface area contributed by atoms with Crippen LogP contribution in [-0.2, 0) is 6.42 Å². The molecule has 0 unspecified atom stereocenters. The highest BCUT2D eigenvalue weighted by Crippen LogP contribution is 2.28. The lowest BCUT2D eigenvalue weighted by molar-refractivity contribution is 0.0879. The molecule has 1 aromatic carbocycles. The average Bonchev–Trinajstić information content (AvgIpc) is 2.83. The highest BCUT2D eigenvalue weighted by atomic mass is 16.5. The first-order chi connectivity index (χ1) is 10.6. The van der Waals surface area contributed by atoms with Crippen molar-refractivity contribution in [1.29, 1.82) is 0 Å². The third-order valence-corrected chi connectivity index (χ3v) is 3.60. The van der Waals surface area contributed by atoms with Gasteiger partial charge in [0.1, 0.15) is 11.5 Å². The number of pyridine rings is 1. The molecule has 0 aliphatic carbocycles. The van der Waals surface area contributed by atoms with Crippen LogP contribution in [0.2, 0.25) is 0 Å². The number of nitrogens with one attached hydrogen (secondary N) is 1. The van der Waals surface area contributed by atoms with Gasteiger partial charge >= 0.3 is 0 Å². The molecule has 6 nitrogen and oxygen atoms in total. The fourth-order valence-corrected chi connectivity index (χ4v) is 2.51. The van der Waals surface area contributed by atoms with E-state index in [9.17, 15) is 9.59 Å². The average molecular weight is 298 g/mol. The molecule has 0 fully saturated rings. The Labute approximate surface area is 127 Å². The van der Waals surface area contributed by atoms with Gasteiger partial charge in [-0.3, -0.25) is 19.9 Å². The van der Waals surface area contributed by atoms with Crippen LogP contribution in [0.4, 0.5) is 0 Å². The van der Waals surface area contributed by atoms with Gasteiger partial charge in [-0.05, 0) is 17.2 Å². The van der Waals surface area contributed by atoms with Gasteiger partial charge in [-0.25, -0.2) is 0 Å². The molecule has 0 atom stereocenters. The summed E-state index contributed by atoms with van der Waals surface area (Å²) in [5.74, 6) is 0.549. The van der Waals surface area contributed by atoms with Crippen LogP contribution in [0.25, 0.3) is 0 Å². The van der Waals surface area contributed by atoms with Gasteiger partial charge in [0.05, 0.1) is 25.3 Å². The van der Waals surface area contributed by atoms with E-state index < -0.39 is 5.91 Å². The molecular formula is C16H14N2O4. The SMILES string of the molecule is COc1ccc(Cc2cncc3c2C(=O)NC3=O)c(OC)c1.